The van der Waals surface area contributed by atoms with Gasteiger partial charge in [-0.25, -0.2) is 9.59 Å². The van der Waals surface area contributed by atoms with Crippen molar-refractivity contribution in [3.05, 3.63) is 101 Å². The first-order valence-corrected chi connectivity index (χ1v) is 11.4. The average molecular weight is 511 g/mol. The molecule has 1 unspecified atom stereocenters. The third kappa shape index (κ3) is 7.46. The molecule has 1 atom stereocenters. The Bertz CT molecular complexity index is 1280. The number of benzene rings is 3. The van der Waals surface area contributed by atoms with Crippen molar-refractivity contribution in [1.29, 1.82) is 0 Å². The number of hydrogen-bond donors (Lipinski definition) is 4. The number of amides is 2. The third-order valence-electron chi connectivity index (χ3n) is 4.56. The molecule has 0 saturated carbocycles. The molecular weight excluding hydrogens is 492 g/mol. The molecule has 3 aromatic rings. The molecule has 3 rings (SSSR count). The van der Waals surface area contributed by atoms with Crippen LogP contribution < -0.4 is 10.6 Å². The van der Waals surface area contributed by atoms with E-state index in [1.54, 1.807) is 48.5 Å². The van der Waals surface area contributed by atoms with E-state index in [1.807, 2.05) is 6.07 Å². The van der Waals surface area contributed by atoms with Crippen LogP contribution in [0.3, 0.4) is 0 Å². The summed E-state index contributed by atoms with van der Waals surface area (Å²) in [7, 11) is 0. The highest BCUT2D eigenvalue weighted by Crippen LogP contribution is 2.37. The number of carbonyl (C=O) groups excluding carboxylic acids is 2. The second-order valence-electron chi connectivity index (χ2n) is 7.08. The lowest BCUT2D eigenvalue weighted by Crippen LogP contribution is -2.19. The topological polar surface area (TPSA) is 133 Å². The van der Waals surface area contributed by atoms with Crippen LogP contribution in [0.15, 0.2) is 89.8 Å². The van der Waals surface area contributed by atoms with Crippen LogP contribution in [0.5, 0.6) is 0 Å². The first kappa shape index (κ1) is 25.5. The second-order valence-corrected chi connectivity index (χ2v) is 8.67. The number of anilines is 2. The average Bonchev–Trinajstić information content (AvgIpc) is 2.84. The van der Waals surface area contributed by atoms with Crippen molar-refractivity contribution in [3.63, 3.8) is 0 Å². The molecule has 8 nitrogen and oxygen atoms in total. The Hall–Kier alpha value is -4.08. The highest BCUT2D eigenvalue weighted by atomic mass is 35.5. The van der Waals surface area contributed by atoms with E-state index in [1.165, 1.54) is 30.0 Å². The van der Waals surface area contributed by atoms with Gasteiger partial charge in [-0.15, -0.1) is 11.8 Å². The maximum Gasteiger partial charge on any atom is 0.335 e. The fourth-order valence-corrected chi connectivity index (χ4v) is 4.13. The van der Waals surface area contributed by atoms with Gasteiger partial charge in [0.2, 0.25) is 11.8 Å². The van der Waals surface area contributed by atoms with Gasteiger partial charge in [-0.1, -0.05) is 41.9 Å². The zero-order valence-corrected chi connectivity index (χ0v) is 19.5. The summed E-state index contributed by atoms with van der Waals surface area (Å²) in [6.07, 6.45) is 1.65. The number of nitrogens with one attached hydrogen (secondary N) is 2. The first-order valence-electron chi connectivity index (χ1n) is 10.1. The Morgan fingerprint density at radius 1 is 0.857 bits per heavy atom. The summed E-state index contributed by atoms with van der Waals surface area (Å²) in [5, 5.41) is 22.6. The molecule has 35 heavy (non-hydrogen) atoms. The van der Waals surface area contributed by atoms with Crippen molar-refractivity contribution in [2.45, 2.75) is 10.1 Å². The van der Waals surface area contributed by atoms with Crippen molar-refractivity contribution in [1.82, 2.24) is 0 Å². The van der Waals surface area contributed by atoms with E-state index in [0.717, 1.165) is 22.6 Å². The molecule has 10 heteroatoms. The van der Waals surface area contributed by atoms with Crippen LogP contribution in [-0.2, 0) is 14.4 Å². The molecule has 4 N–H and O–H groups in total. The van der Waals surface area contributed by atoms with Crippen LogP contribution in [0, 0.1) is 0 Å². The largest absolute Gasteiger partial charge is 0.478 e. The van der Waals surface area contributed by atoms with Gasteiger partial charge in [-0.2, -0.15) is 0 Å². The van der Waals surface area contributed by atoms with E-state index < -0.39 is 29.0 Å². The van der Waals surface area contributed by atoms with Crippen molar-refractivity contribution < 1.29 is 29.4 Å². The van der Waals surface area contributed by atoms with E-state index in [0.29, 0.717) is 5.69 Å². The molecule has 0 bridgehead atoms. The summed E-state index contributed by atoms with van der Waals surface area (Å²) in [5.41, 5.74) is 1.35. The lowest BCUT2D eigenvalue weighted by Gasteiger charge is -2.18. The van der Waals surface area contributed by atoms with Crippen LogP contribution in [0.25, 0.3) is 0 Å². The van der Waals surface area contributed by atoms with Gasteiger partial charge in [0.15, 0.2) is 0 Å². The number of thioether (sulfide) groups is 1. The molecule has 3 aromatic carbocycles. The van der Waals surface area contributed by atoms with Gasteiger partial charge in [-0.3, -0.25) is 9.59 Å². The zero-order chi connectivity index (χ0) is 25.4. The number of aliphatic carboxylic acids is 1. The van der Waals surface area contributed by atoms with Gasteiger partial charge in [0.25, 0.3) is 0 Å². The van der Waals surface area contributed by atoms with Gasteiger partial charge < -0.3 is 20.8 Å². The Balaban J connectivity index is 1.79. The number of carboxylic acid groups (broad SMARTS) is 2. The van der Waals surface area contributed by atoms with Crippen LogP contribution in [0.1, 0.15) is 21.2 Å². The zero-order valence-electron chi connectivity index (χ0n) is 18.0. The van der Waals surface area contributed by atoms with Crippen LogP contribution in [0.2, 0.25) is 5.02 Å². The van der Waals surface area contributed by atoms with Gasteiger partial charge in [0.05, 0.1) is 16.3 Å². The minimum atomic E-state index is -1.23. The van der Waals surface area contributed by atoms with E-state index in [-0.39, 0.29) is 16.3 Å². The molecular formula is C25H19ClN2O6S. The fraction of sp³-hybridized carbons (Fsp3) is 0.0400. The van der Waals surface area contributed by atoms with Gasteiger partial charge in [0, 0.05) is 22.7 Å². The predicted octanol–water partition coefficient (Wildman–Crippen LogP) is 5.09. The monoisotopic (exact) mass is 510 g/mol. The Morgan fingerprint density at radius 2 is 1.54 bits per heavy atom. The molecule has 0 aliphatic heterocycles. The Kier molecular flexibility index (Phi) is 8.66. The summed E-state index contributed by atoms with van der Waals surface area (Å²) >= 11 is 7.42. The molecule has 0 saturated heterocycles. The summed E-state index contributed by atoms with van der Waals surface area (Å²) in [6.45, 7) is 0. The van der Waals surface area contributed by atoms with Crippen LogP contribution in [-0.4, -0.2) is 34.0 Å². The molecule has 0 aliphatic rings. The van der Waals surface area contributed by atoms with Crippen molar-refractivity contribution in [3.8, 4) is 0 Å². The molecule has 178 valence electrons. The van der Waals surface area contributed by atoms with Crippen molar-refractivity contribution in [2.24, 2.45) is 0 Å². The smallest absolute Gasteiger partial charge is 0.335 e. The fourth-order valence-electron chi connectivity index (χ4n) is 2.94. The molecule has 0 aromatic heterocycles. The lowest BCUT2D eigenvalue weighted by molar-refractivity contribution is -0.131. The summed E-state index contributed by atoms with van der Waals surface area (Å²) < 4.78 is 0. The summed E-state index contributed by atoms with van der Waals surface area (Å²) in [4.78, 5) is 47.5. The molecule has 0 spiro atoms. The highest BCUT2D eigenvalue weighted by molar-refractivity contribution is 8.00. The quantitative estimate of drug-likeness (QED) is 0.233. The number of hydrogen-bond acceptors (Lipinski definition) is 5. The van der Waals surface area contributed by atoms with E-state index in [4.69, 9.17) is 16.7 Å². The highest BCUT2D eigenvalue weighted by Gasteiger charge is 2.23. The first-order chi connectivity index (χ1) is 16.7. The number of carboxylic acids is 2. The standard InChI is InChI=1S/C25H19ClN2O6S/c26-19-11-6-16(25(33)34)14-20(19)28-24(32)23(15-4-2-1-3-5-15)35-18-9-7-17(8-10-18)27-21(29)12-13-22(30)31/h1-14,23H,(H,27,29)(H,28,32)(H,30,31)(H,33,34)/b13-12+. The number of halogens is 1. The SMILES string of the molecule is O=C(O)/C=C/C(=O)Nc1ccc(SC(C(=O)Nc2cc(C(=O)O)ccc2Cl)c2ccccc2)cc1. The van der Waals surface area contributed by atoms with Gasteiger partial charge >= 0.3 is 11.9 Å². The third-order valence-corrected chi connectivity index (χ3v) is 6.16. The van der Waals surface area contributed by atoms with E-state index >= 15 is 0 Å². The maximum absolute atomic E-state index is 13.2. The van der Waals surface area contributed by atoms with Gasteiger partial charge in [-0.05, 0) is 48.0 Å². The van der Waals surface area contributed by atoms with E-state index in [9.17, 15) is 24.3 Å². The molecule has 0 radical (unpaired) electrons. The molecule has 0 fully saturated rings. The molecule has 2 amide bonds. The lowest BCUT2D eigenvalue weighted by atomic mass is 10.1. The number of carbonyl (C=O) groups is 4. The Morgan fingerprint density at radius 3 is 2.17 bits per heavy atom. The Labute approximate surface area is 209 Å². The molecule has 0 aliphatic carbocycles. The van der Waals surface area contributed by atoms with Crippen LogP contribution in [0.4, 0.5) is 11.4 Å². The molecule has 0 heterocycles. The minimum absolute atomic E-state index is 0.00977. The summed E-state index contributed by atoms with van der Waals surface area (Å²) in [5.74, 6) is -3.36. The van der Waals surface area contributed by atoms with Crippen LogP contribution >= 0.6 is 23.4 Å². The normalized spacial score (nSPS) is 11.6. The minimum Gasteiger partial charge on any atom is -0.478 e. The number of aromatic carboxylic acids is 1. The van der Waals surface area contributed by atoms with Crippen molar-refractivity contribution >= 4 is 58.5 Å². The number of rotatable bonds is 9. The van der Waals surface area contributed by atoms with Crippen molar-refractivity contribution in [2.75, 3.05) is 10.6 Å². The van der Waals surface area contributed by atoms with E-state index in [2.05, 4.69) is 10.6 Å². The van der Waals surface area contributed by atoms with Gasteiger partial charge in [0.1, 0.15) is 5.25 Å². The second kappa shape index (κ2) is 11.9. The summed E-state index contributed by atoms with van der Waals surface area (Å²) in [6, 6.07) is 19.8. The maximum atomic E-state index is 13.2. The predicted molar refractivity (Wildman–Crippen MR) is 134 cm³/mol.